The maximum atomic E-state index is 10.6. The standard InChI is InChI=1S/C18H22N4.2C2HF3O2/c1-2-16(13-22-9-7-19-14-22)12-21(8-1)11-15-3-4-17-5-6-20-18(17)10-15;2*3-2(4,5)1(6)7/h3-7,9-10,14,16,20H,1-2,8,11-13H2;2*(H,6,7). The molecule has 0 aliphatic carbocycles. The second-order valence-electron chi connectivity index (χ2n) is 8.01. The van der Waals surface area contributed by atoms with Crippen LogP contribution in [0.25, 0.3) is 10.9 Å². The minimum Gasteiger partial charge on any atom is -0.475 e. The molecular weight excluding hydrogens is 498 g/mol. The molecule has 0 bridgehead atoms. The van der Waals surface area contributed by atoms with Gasteiger partial charge < -0.3 is 19.8 Å². The highest BCUT2D eigenvalue weighted by Crippen LogP contribution is 2.22. The van der Waals surface area contributed by atoms with E-state index in [2.05, 4.69) is 49.9 Å². The van der Waals surface area contributed by atoms with Gasteiger partial charge in [-0.2, -0.15) is 26.3 Å². The van der Waals surface area contributed by atoms with Gasteiger partial charge in [-0.25, -0.2) is 14.6 Å². The third kappa shape index (κ3) is 9.60. The lowest BCUT2D eigenvalue weighted by atomic mass is 9.97. The van der Waals surface area contributed by atoms with Crippen LogP contribution >= 0.6 is 0 Å². The Morgan fingerprint density at radius 3 is 2.25 bits per heavy atom. The highest BCUT2D eigenvalue weighted by molar-refractivity contribution is 5.79. The molecule has 1 saturated heterocycles. The Morgan fingerprint density at radius 2 is 1.69 bits per heavy atom. The summed E-state index contributed by atoms with van der Waals surface area (Å²) >= 11 is 0. The zero-order valence-electron chi connectivity index (χ0n) is 18.8. The molecule has 1 fully saturated rings. The number of hydrogen-bond donors (Lipinski definition) is 3. The van der Waals surface area contributed by atoms with Crippen molar-refractivity contribution in [3.8, 4) is 0 Å². The van der Waals surface area contributed by atoms with E-state index >= 15 is 0 Å². The van der Waals surface area contributed by atoms with Gasteiger partial charge in [-0.15, -0.1) is 0 Å². The monoisotopic (exact) mass is 522 g/mol. The fraction of sp³-hybridized carbons (Fsp3) is 0.409. The lowest BCUT2D eigenvalue weighted by molar-refractivity contribution is -0.193. The topological polar surface area (TPSA) is 111 Å². The van der Waals surface area contributed by atoms with Gasteiger partial charge in [0.15, 0.2) is 0 Å². The second-order valence-corrected chi connectivity index (χ2v) is 8.01. The number of rotatable bonds is 4. The predicted octanol–water partition coefficient (Wildman–Crippen LogP) is 4.54. The number of carbonyl (C=O) groups is 2. The summed E-state index contributed by atoms with van der Waals surface area (Å²) in [5, 5.41) is 15.5. The number of carboxylic acid groups (broad SMARTS) is 2. The molecule has 2 aromatic heterocycles. The average molecular weight is 522 g/mol. The van der Waals surface area contributed by atoms with E-state index in [1.54, 1.807) is 0 Å². The zero-order valence-corrected chi connectivity index (χ0v) is 18.8. The summed E-state index contributed by atoms with van der Waals surface area (Å²) in [6, 6.07) is 8.89. The van der Waals surface area contributed by atoms with Crippen LogP contribution in [0.4, 0.5) is 26.3 Å². The molecule has 14 heteroatoms. The molecule has 0 amide bonds. The normalized spacial score (nSPS) is 16.4. The molecule has 3 aromatic rings. The number of nitrogens with one attached hydrogen (secondary N) is 1. The maximum Gasteiger partial charge on any atom is 0.490 e. The summed E-state index contributed by atoms with van der Waals surface area (Å²) < 4.78 is 65.7. The van der Waals surface area contributed by atoms with E-state index in [-0.39, 0.29) is 0 Å². The molecule has 1 aliphatic rings. The van der Waals surface area contributed by atoms with Crippen LogP contribution < -0.4 is 0 Å². The van der Waals surface area contributed by atoms with E-state index in [0.717, 1.165) is 19.0 Å². The van der Waals surface area contributed by atoms with Gasteiger partial charge in [0.25, 0.3) is 0 Å². The van der Waals surface area contributed by atoms with Crippen molar-refractivity contribution in [3.05, 3.63) is 54.7 Å². The molecule has 0 spiro atoms. The van der Waals surface area contributed by atoms with Crippen molar-refractivity contribution in [1.82, 2.24) is 19.4 Å². The number of alkyl halides is 6. The molecule has 3 heterocycles. The number of imidazole rings is 1. The fourth-order valence-electron chi connectivity index (χ4n) is 3.59. The van der Waals surface area contributed by atoms with Gasteiger partial charge in [0.1, 0.15) is 0 Å². The molecule has 198 valence electrons. The Kier molecular flexibility index (Phi) is 9.90. The van der Waals surface area contributed by atoms with Gasteiger partial charge in [0.05, 0.1) is 6.33 Å². The van der Waals surface area contributed by atoms with E-state index in [1.807, 2.05) is 18.7 Å². The Labute approximate surface area is 201 Å². The van der Waals surface area contributed by atoms with Gasteiger partial charge >= 0.3 is 24.3 Å². The number of aromatic nitrogens is 3. The van der Waals surface area contributed by atoms with Crippen LogP contribution in [0.5, 0.6) is 0 Å². The predicted molar refractivity (Wildman–Crippen MR) is 116 cm³/mol. The van der Waals surface area contributed by atoms with Crippen LogP contribution in [0, 0.1) is 5.92 Å². The minimum absolute atomic E-state index is 0.733. The summed E-state index contributed by atoms with van der Waals surface area (Å²) in [4.78, 5) is 27.8. The highest BCUT2D eigenvalue weighted by Gasteiger charge is 2.38. The first-order chi connectivity index (χ1) is 16.8. The molecule has 1 unspecified atom stereocenters. The first kappa shape index (κ1) is 28.7. The first-order valence-electron chi connectivity index (χ1n) is 10.6. The third-order valence-corrected chi connectivity index (χ3v) is 5.14. The molecule has 8 nitrogen and oxygen atoms in total. The van der Waals surface area contributed by atoms with Crippen molar-refractivity contribution < 1.29 is 46.1 Å². The lowest BCUT2D eigenvalue weighted by Crippen LogP contribution is -2.36. The van der Waals surface area contributed by atoms with Gasteiger partial charge in [-0.05, 0) is 48.4 Å². The van der Waals surface area contributed by atoms with Crippen LogP contribution in [0.1, 0.15) is 18.4 Å². The van der Waals surface area contributed by atoms with Crippen molar-refractivity contribution in [2.45, 2.75) is 38.3 Å². The molecule has 1 aliphatic heterocycles. The Morgan fingerprint density at radius 1 is 1.06 bits per heavy atom. The Bertz CT molecular complexity index is 1090. The van der Waals surface area contributed by atoms with Crippen molar-refractivity contribution in [2.24, 2.45) is 5.92 Å². The second kappa shape index (κ2) is 12.4. The molecular formula is C22H24F6N4O4. The average Bonchev–Trinajstić information content (AvgIpc) is 3.45. The van der Waals surface area contributed by atoms with E-state index in [9.17, 15) is 26.3 Å². The molecule has 3 N–H and O–H groups in total. The maximum absolute atomic E-state index is 10.6. The molecule has 1 aromatic carbocycles. The van der Waals surface area contributed by atoms with Gasteiger partial charge in [0, 0.05) is 43.7 Å². The summed E-state index contributed by atoms with van der Waals surface area (Å²) in [7, 11) is 0. The molecule has 4 rings (SSSR count). The van der Waals surface area contributed by atoms with Crippen molar-refractivity contribution in [3.63, 3.8) is 0 Å². The lowest BCUT2D eigenvalue weighted by Gasteiger charge is -2.33. The van der Waals surface area contributed by atoms with Crippen molar-refractivity contribution >= 4 is 22.8 Å². The fourth-order valence-corrected chi connectivity index (χ4v) is 3.59. The number of carboxylic acids is 2. The number of likely N-dealkylation sites (tertiary alicyclic amines) is 1. The number of piperidine rings is 1. The van der Waals surface area contributed by atoms with E-state index < -0.39 is 24.3 Å². The van der Waals surface area contributed by atoms with Crippen LogP contribution in [-0.2, 0) is 22.7 Å². The van der Waals surface area contributed by atoms with Crippen LogP contribution in [-0.4, -0.2) is 67.0 Å². The quantitative estimate of drug-likeness (QED) is 0.434. The summed E-state index contributed by atoms with van der Waals surface area (Å²) in [6.45, 7) is 4.53. The first-order valence-corrected chi connectivity index (χ1v) is 10.6. The molecule has 1 atom stereocenters. The summed E-state index contributed by atoms with van der Waals surface area (Å²) in [6.07, 6.45) is 0.327. The van der Waals surface area contributed by atoms with Gasteiger partial charge in [0.2, 0.25) is 0 Å². The number of fused-ring (bicyclic) bond motifs is 1. The Balaban J connectivity index is 0.000000271. The number of aliphatic carboxylic acids is 2. The highest BCUT2D eigenvalue weighted by atomic mass is 19.4. The summed E-state index contributed by atoms with van der Waals surface area (Å²) in [5.74, 6) is -4.78. The zero-order chi connectivity index (χ0) is 26.9. The number of aromatic amines is 1. The third-order valence-electron chi connectivity index (χ3n) is 5.14. The van der Waals surface area contributed by atoms with Gasteiger partial charge in [-0.3, -0.25) is 4.90 Å². The van der Waals surface area contributed by atoms with Gasteiger partial charge in [-0.1, -0.05) is 12.1 Å². The smallest absolute Gasteiger partial charge is 0.475 e. The number of hydrogen-bond acceptors (Lipinski definition) is 4. The Hall–Kier alpha value is -3.55. The van der Waals surface area contributed by atoms with E-state index in [0.29, 0.717) is 0 Å². The number of benzene rings is 1. The van der Waals surface area contributed by atoms with Crippen LogP contribution in [0.3, 0.4) is 0 Å². The minimum atomic E-state index is -5.08. The molecule has 0 radical (unpaired) electrons. The van der Waals surface area contributed by atoms with Crippen LogP contribution in [0.15, 0.2) is 49.2 Å². The largest absolute Gasteiger partial charge is 0.490 e. The van der Waals surface area contributed by atoms with Crippen LogP contribution in [0.2, 0.25) is 0 Å². The summed E-state index contributed by atoms with van der Waals surface area (Å²) in [5.41, 5.74) is 2.64. The van der Waals surface area contributed by atoms with Crippen molar-refractivity contribution in [1.29, 1.82) is 0 Å². The molecule has 0 saturated carbocycles. The number of halogens is 6. The SMILES string of the molecule is O=C(O)C(F)(F)F.O=C(O)C(F)(F)F.c1cn(CC2CCCN(Cc3ccc4cc[nH]c4c3)C2)cn1. The number of H-pyrrole nitrogens is 1. The van der Waals surface area contributed by atoms with E-state index in [4.69, 9.17) is 19.8 Å². The van der Waals surface area contributed by atoms with E-state index in [1.165, 1.54) is 42.4 Å². The molecule has 36 heavy (non-hydrogen) atoms. The van der Waals surface area contributed by atoms with Crippen molar-refractivity contribution in [2.75, 3.05) is 13.1 Å². The number of nitrogens with zero attached hydrogens (tertiary/aromatic N) is 3.